The van der Waals surface area contributed by atoms with Gasteiger partial charge in [0.2, 0.25) is 0 Å². The number of hydrogen-bond acceptors (Lipinski definition) is 4. The van der Waals surface area contributed by atoms with E-state index in [0.717, 1.165) is 18.9 Å². The van der Waals surface area contributed by atoms with Gasteiger partial charge in [-0.25, -0.2) is 0 Å². The van der Waals surface area contributed by atoms with Crippen LogP contribution in [0.1, 0.15) is 57.7 Å². The molecule has 0 radical (unpaired) electrons. The molecule has 1 aromatic heterocycles. The summed E-state index contributed by atoms with van der Waals surface area (Å²) in [5.74, 6) is 0.772. The van der Waals surface area contributed by atoms with E-state index in [2.05, 4.69) is 48.5 Å². The number of nitrogens with one attached hydrogen (secondary N) is 1. The lowest BCUT2D eigenvalue weighted by Gasteiger charge is -2.50. The van der Waals surface area contributed by atoms with E-state index in [0.29, 0.717) is 0 Å². The average Bonchev–Trinajstić information content (AvgIpc) is 2.85. The quantitative estimate of drug-likeness (QED) is 0.874. The molecule has 5 heteroatoms. The average molecular weight is 293 g/mol. The summed E-state index contributed by atoms with van der Waals surface area (Å²) in [7, 11) is 6.45. The fourth-order valence-corrected chi connectivity index (χ4v) is 3.91. The zero-order valence-electron chi connectivity index (χ0n) is 14.3. The summed E-state index contributed by atoms with van der Waals surface area (Å²) in [5, 5.41) is 12.1. The molecule has 1 aliphatic carbocycles. The van der Waals surface area contributed by atoms with E-state index < -0.39 is 0 Å². The van der Waals surface area contributed by atoms with Crippen LogP contribution < -0.4 is 5.32 Å². The Labute approximate surface area is 129 Å². The molecule has 2 rings (SSSR count). The third-order valence-corrected chi connectivity index (χ3v) is 5.08. The van der Waals surface area contributed by atoms with Crippen molar-refractivity contribution in [3.63, 3.8) is 0 Å². The normalized spacial score (nSPS) is 28.0. The van der Waals surface area contributed by atoms with E-state index in [1.807, 2.05) is 17.9 Å². The van der Waals surface area contributed by atoms with Crippen molar-refractivity contribution >= 4 is 0 Å². The van der Waals surface area contributed by atoms with Gasteiger partial charge in [-0.2, -0.15) is 0 Å². The maximum Gasteiger partial charge on any atom is 0.0772 e. The lowest BCUT2D eigenvalue weighted by molar-refractivity contribution is 0.0340. The van der Waals surface area contributed by atoms with Gasteiger partial charge in [0.25, 0.3) is 0 Å². The topological polar surface area (TPSA) is 46.0 Å². The number of aromatic nitrogens is 3. The highest BCUT2D eigenvalue weighted by Gasteiger charge is 2.45. The fraction of sp³-hybridized carbons (Fsp3) is 0.875. The smallest absolute Gasteiger partial charge is 0.0772 e. The maximum absolute atomic E-state index is 4.16. The summed E-state index contributed by atoms with van der Waals surface area (Å²) >= 11 is 0. The molecule has 0 aliphatic heterocycles. The van der Waals surface area contributed by atoms with Crippen molar-refractivity contribution in [2.24, 2.45) is 13.0 Å². The van der Waals surface area contributed by atoms with Crippen LogP contribution in [0.2, 0.25) is 0 Å². The Hall–Kier alpha value is -0.940. The zero-order valence-corrected chi connectivity index (χ0v) is 14.3. The van der Waals surface area contributed by atoms with E-state index in [1.165, 1.54) is 31.4 Å². The summed E-state index contributed by atoms with van der Waals surface area (Å²) in [6.07, 6.45) is 8.18. The van der Waals surface area contributed by atoms with Gasteiger partial charge in [-0.05, 0) is 45.8 Å². The molecule has 1 saturated carbocycles. The van der Waals surface area contributed by atoms with Crippen molar-refractivity contribution < 1.29 is 0 Å². The summed E-state index contributed by atoms with van der Waals surface area (Å²) in [4.78, 5) is 2.43. The molecule has 120 valence electrons. The maximum atomic E-state index is 4.16. The Kier molecular flexibility index (Phi) is 5.38. The van der Waals surface area contributed by atoms with Crippen LogP contribution in [0.3, 0.4) is 0 Å². The van der Waals surface area contributed by atoms with Crippen molar-refractivity contribution in [2.75, 3.05) is 20.6 Å². The largest absolute Gasteiger partial charge is 0.307 e. The third kappa shape index (κ3) is 3.29. The number of hydrogen-bond donors (Lipinski definition) is 1. The van der Waals surface area contributed by atoms with Crippen LogP contribution in [0.5, 0.6) is 0 Å². The molecule has 0 spiro atoms. The summed E-state index contributed by atoms with van der Waals surface area (Å²) in [6, 6.07) is 0.287. The molecule has 3 atom stereocenters. The predicted molar refractivity (Wildman–Crippen MR) is 86.1 cm³/mol. The van der Waals surface area contributed by atoms with Gasteiger partial charge in [0, 0.05) is 12.6 Å². The minimum absolute atomic E-state index is 0.155. The monoisotopic (exact) mass is 293 g/mol. The highest BCUT2D eigenvalue weighted by molar-refractivity contribution is 5.14. The highest BCUT2D eigenvalue weighted by Crippen LogP contribution is 2.43. The van der Waals surface area contributed by atoms with Gasteiger partial charge in [0.05, 0.1) is 17.9 Å². The zero-order chi connectivity index (χ0) is 15.5. The molecule has 0 aromatic carbocycles. The molecule has 0 amide bonds. The van der Waals surface area contributed by atoms with Gasteiger partial charge in [-0.15, -0.1) is 5.10 Å². The molecule has 1 aliphatic rings. The number of likely N-dealkylation sites (N-methyl/N-ethyl adjacent to an activating group) is 1. The van der Waals surface area contributed by atoms with E-state index >= 15 is 0 Å². The molecule has 1 N–H and O–H groups in total. The van der Waals surface area contributed by atoms with Crippen LogP contribution in [0, 0.1) is 5.92 Å². The van der Waals surface area contributed by atoms with Gasteiger partial charge in [-0.1, -0.05) is 31.9 Å². The molecule has 0 bridgehead atoms. The van der Waals surface area contributed by atoms with Crippen molar-refractivity contribution in [1.82, 2.24) is 25.2 Å². The predicted octanol–water partition coefficient (Wildman–Crippen LogP) is 2.37. The Morgan fingerprint density at radius 3 is 2.81 bits per heavy atom. The van der Waals surface area contributed by atoms with E-state index in [-0.39, 0.29) is 11.6 Å². The van der Waals surface area contributed by atoms with Crippen molar-refractivity contribution in [1.29, 1.82) is 0 Å². The lowest BCUT2D eigenvalue weighted by Crippen LogP contribution is -2.56. The summed E-state index contributed by atoms with van der Waals surface area (Å²) in [6.45, 7) is 5.63. The van der Waals surface area contributed by atoms with Crippen LogP contribution >= 0.6 is 0 Å². The third-order valence-electron chi connectivity index (χ3n) is 5.08. The van der Waals surface area contributed by atoms with Crippen molar-refractivity contribution in [3.8, 4) is 0 Å². The lowest BCUT2D eigenvalue weighted by atomic mass is 9.70. The first kappa shape index (κ1) is 16.4. The van der Waals surface area contributed by atoms with Gasteiger partial charge in [0.15, 0.2) is 0 Å². The van der Waals surface area contributed by atoms with Gasteiger partial charge in [-0.3, -0.25) is 4.68 Å². The Morgan fingerprint density at radius 1 is 1.52 bits per heavy atom. The van der Waals surface area contributed by atoms with Crippen LogP contribution in [0.4, 0.5) is 0 Å². The first-order chi connectivity index (χ1) is 10.0. The Morgan fingerprint density at radius 2 is 2.29 bits per heavy atom. The summed E-state index contributed by atoms with van der Waals surface area (Å²) < 4.78 is 1.93. The molecule has 0 saturated heterocycles. The second-order valence-electron chi connectivity index (χ2n) is 6.87. The molecule has 1 heterocycles. The van der Waals surface area contributed by atoms with Gasteiger partial charge >= 0.3 is 0 Å². The van der Waals surface area contributed by atoms with Crippen LogP contribution in [-0.2, 0) is 7.05 Å². The highest BCUT2D eigenvalue weighted by atomic mass is 15.4. The molecule has 5 nitrogen and oxygen atoms in total. The first-order valence-corrected chi connectivity index (χ1v) is 8.26. The van der Waals surface area contributed by atoms with E-state index in [1.54, 1.807) is 0 Å². The molecule has 3 unspecified atom stereocenters. The SMILES string of the molecule is CCCNC(c1cnnn1C)C1(N(C)C)CCCC(C)C1. The van der Waals surface area contributed by atoms with E-state index in [4.69, 9.17) is 0 Å². The Balaban J connectivity index is 2.38. The number of nitrogens with zero attached hydrogens (tertiary/aromatic N) is 4. The summed E-state index contributed by atoms with van der Waals surface area (Å²) in [5.41, 5.74) is 1.36. The molecular weight excluding hydrogens is 262 g/mol. The molecular formula is C16H31N5. The second kappa shape index (κ2) is 6.88. The number of rotatable bonds is 6. The molecule has 21 heavy (non-hydrogen) atoms. The van der Waals surface area contributed by atoms with Gasteiger partial charge in [0.1, 0.15) is 0 Å². The van der Waals surface area contributed by atoms with Crippen molar-refractivity contribution in [2.45, 2.75) is 57.5 Å². The van der Waals surface area contributed by atoms with E-state index in [9.17, 15) is 0 Å². The van der Waals surface area contributed by atoms with Gasteiger partial charge < -0.3 is 10.2 Å². The molecule has 1 fully saturated rings. The second-order valence-corrected chi connectivity index (χ2v) is 6.87. The van der Waals surface area contributed by atoms with Crippen molar-refractivity contribution in [3.05, 3.63) is 11.9 Å². The van der Waals surface area contributed by atoms with Crippen LogP contribution in [0.25, 0.3) is 0 Å². The minimum Gasteiger partial charge on any atom is -0.307 e. The van der Waals surface area contributed by atoms with Crippen LogP contribution in [-0.4, -0.2) is 46.1 Å². The minimum atomic E-state index is 0.155. The first-order valence-electron chi connectivity index (χ1n) is 8.26. The fourth-order valence-electron chi connectivity index (χ4n) is 3.91. The standard InChI is InChI=1S/C16H31N5/c1-6-10-17-15(14-12-18-19-21(14)5)16(20(3)4)9-7-8-13(2)11-16/h12-13,15,17H,6-11H2,1-5H3. The number of aryl methyl sites for hydroxylation is 1. The molecule has 1 aromatic rings. The van der Waals surface area contributed by atoms with Crippen LogP contribution in [0.15, 0.2) is 6.20 Å². The Bertz CT molecular complexity index is 442.